The Morgan fingerprint density at radius 1 is 0.815 bits per heavy atom. The molecule has 3 aromatic carbocycles. The third kappa shape index (κ3) is 3.61. The molecule has 0 saturated heterocycles. The first-order valence-electron chi connectivity index (χ1n) is 8.61. The van der Waals surface area contributed by atoms with Crippen LogP contribution in [0.2, 0.25) is 0 Å². The van der Waals surface area contributed by atoms with Gasteiger partial charge in [0, 0.05) is 11.1 Å². The van der Waals surface area contributed by atoms with Gasteiger partial charge in [-0.25, -0.2) is 0 Å². The SMILES string of the molecule is O=c1c(OCC#Cc2ccccc2)c(-c2ccccc2)oc2ccccc12. The van der Waals surface area contributed by atoms with Crippen molar-refractivity contribution in [2.75, 3.05) is 6.61 Å². The van der Waals surface area contributed by atoms with E-state index >= 15 is 0 Å². The molecular formula is C24H16O3. The summed E-state index contributed by atoms with van der Waals surface area (Å²) in [7, 11) is 0. The number of fused-ring (bicyclic) bond motifs is 1. The Labute approximate surface area is 156 Å². The van der Waals surface area contributed by atoms with Gasteiger partial charge in [0.2, 0.25) is 11.2 Å². The first-order valence-corrected chi connectivity index (χ1v) is 8.61. The molecule has 0 N–H and O–H groups in total. The van der Waals surface area contributed by atoms with Gasteiger partial charge >= 0.3 is 0 Å². The molecule has 0 radical (unpaired) electrons. The van der Waals surface area contributed by atoms with E-state index in [1.165, 1.54) is 0 Å². The van der Waals surface area contributed by atoms with Crippen molar-refractivity contribution in [1.82, 2.24) is 0 Å². The van der Waals surface area contributed by atoms with Crippen LogP contribution in [-0.2, 0) is 0 Å². The zero-order chi connectivity index (χ0) is 18.5. The minimum atomic E-state index is -0.197. The quantitative estimate of drug-likeness (QED) is 0.493. The number of ether oxygens (including phenoxy) is 1. The van der Waals surface area contributed by atoms with Crippen LogP contribution in [0.5, 0.6) is 5.75 Å². The highest BCUT2D eigenvalue weighted by Crippen LogP contribution is 2.30. The van der Waals surface area contributed by atoms with E-state index in [2.05, 4.69) is 11.8 Å². The predicted octanol–water partition coefficient (Wildman–Crippen LogP) is 4.89. The summed E-state index contributed by atoms with van der Waals surface area (Å²) in [5, 5.41) is 0.489. The van der Waals surface area contributed by atoms with Gasteiger partial charge in [0.15, 0.2) is 5.76 Å². The van der Waals surface area contributed by atoms with Gasteiger partial charge in [-0.1, -0.05) is 72.5 Å². The lowest BCUT2D eigenvalue weighted by molar-refractivity contribution is 0.358. The van der Waals surface area contributed by atoms with E-state index < -0.39 is 0 Å². The lowest BCUT2D eigenvalue weighted by Crippen LogP contribution is -2.10. The maximum atomic E-state index is 13.0. The monoisotopic (exact) mass is 352 g/mol. The van der Waals surface area contributed by atoms with E-state index in [1.54, 1.807) is 18.2 Å². The van der Waals surface area contributed by atoms with E-state index in [4.69, 9.17) is 9.15 Å². The van der Waals surface area contributed by atoms with Crippen LogP contribution in [0, 0.1) is 11.8 Å². The van der Waals surface area contributed by atoms with Gasteiger partial charge in [0.05, 0.1) is 5.39 Å². The van der Waals surface area contributed by atoms with Crippen molar-refractivity contribution < 1.29 is 9.15 Å². The zero-order valence-electron chi connectivity index (χ0n) is 14.5. The van der Waals surface area contributed by atoms with Crippen molar-refractivity contribution in [3.63, 3.8) is 0 Å². The second kappa shape index (κ2) is 7.63. The van der Waals surface area contributed by atoms with Crippen LogP contribution in [0.3, 0.4) is 0 Å². The molecule has 0 aliphatic carbocycles. The summed E-state index contributed by atoms with van der Waals surface area (Å²) in [6.45, 7) is 0.0951. The number of para-hydroxylation sites is 1. The van der Waals surface area contributed by atoms with Crippen LogP contribution in [0.4, 0.5) is 0 Å². The van der Waals surface area contributed by atoms with Crippen molar-refractivity contribution >= 4 is 11.0 Å². The van der Waals surface area contributed by atoms with Crippen molar-refractivity contribution in [2.45, 2.75) is 0 Å². The van der Waals surface area contributed by atoms with Gasteiger partial charge in [0.25, 0.3) is 0 Å². The second-order valence-electron chi connectivity index (χ2n) is 5.91. The van der Waals surface area contributed by atoms with Gasteiger partial charge in [-0.3, -0.25) is 4.79 Å². The van der Waals surface area contributed by atoms with Crippen LogP contribution >= 0.6 is 0 Å². The molecule has 130 valence electrons. The van der Waals surface area contributed by atoms with Crippen molar-refractivity contribution in [1.29, 1.82) is 0 Å². The topological polar surface area (TPSA) is 39.4 Å². The van der Waals surface area contributed by atoms with Gasteiger partial charge in [-0.05, 0) is 24.3 Å². The van der Waals surface area contributed by atoms with Crippen LogP contribution < -0.4 is 10.2 Å². The fourth-order valence-corrected chi connectivity index (χ4v) is 2.80. The average Bonchev–Trinajstić information content (AvgIpc) is 2.74. The molecule has 4 aromatic rings. The maximum absolute atomic E-state index is 13.0. The molecule has 0 unspecified atom stereocenters. The van der Waals surface area contributed by atoms with Crippen molar-refractivity contribution in [3.05, 3.63) is 101 Å². The molecule has 0 saturated carbocycles. The molecule has 4 rings (SSSR count). The lowest BCUT2D eigenvalue weighted by atomic mass is 10.1. The predicted molar refractivity (Wildman–Crippen MR) is 107 cm³/mol. The summed E-state index contributed by atoms with van der Waals surface area (Å²) >= 11 is 0. The number of hydrogen-bond donors (Lipinski definition) is 0. The van der Waals surface area contributed by atoms with E-state index in [0.29, 0.717) is 16.7 Å². The molecule has 0 spiro atoms. The molecule has 0 fully saturated rings. The third-order valence-electron chi connectivity index (χ3n) is 4.09. The fourth-order valence-electron chi connectivity index (χ4n) is 2.80. The molecule has 0 amide bonds. The summed E-state index contributed by atoms with van der Waals surface area (Å²) in [6.07, 6.45) is 0. The maximum Gasteiger partial charge on any atom is 0.235 e. The smallest absolute Gasteiger partial charge is 0.235 e. The number of rotatable bonds is 3. The highest BCUT2D eigenvalue weighted by atomic mass is 16.5. The summed E-state index contributed by atoms with van der Waals surface area (Å²) in [4.78, 5) is 13.0. The average molecular weight is 352 g/mol. The van der Waals surface area contributed by atoms with E-state index in [1.807, 2.05) is 66.7 Å². The summed E-state index contributed by atoms with van der Waals surface area (Å²) in [5.41, 5.74) is 2.02. The van der Waals surface area contributed by atoms with Crippen LogP contribution in [0.25, 0.3) is 22.3 Å². The number of benzene rings is 3. The van der Waals surface area contributed by atoms with Crippen molar-refractivity contribution in [3.8, 4) is 28.9 Å². The zero-order valence-corrected chi connectivity index (χ0v) is 14.5. The summed E-state index contributed by atoms with van der Waals surface area (Å²) in [6, 6.07) is 26.3. The van der Waals surface area contributed by atoms with Gasteiger partial charge in [-0.15, -0.1) is 0 Å². The highest BCUT2D eigenvalue weighted by Gasteiger charge is 2.17. The van der Waals surface area contributed by atoms with Gasteiger partial charge in [0.1, 0.15) is 12.2 Å². The molecule has 1 aromatic heterocycles. The Balaban J connectivity index is 1.73. The molecule has 0 bridgehead atoms. The fraction of sp³-hybridized carbons (Fsp3) is 0.0417. The molecule has 27 heavy (non-hydrogen) atoms. The molecule has 0 aliphatic heterocycles. The van der Waals surface area contributed by atoms with E-state index in [-0.39, 0.29) is 17.8 Å². The van der Waals surface area contributed by atoms with Crippen molar-refractivity contribution in [2.24, 2.45) is 0 Å². The molecule has 1 heterocycles. The Morgan fingerprint density at radius 3 is 2.26 bits per heavy atom. The molecule has 0 aliphatic rings. The summed E-state index contributed by atoms with van der Waals surface area (Å²) in [5.74, 6) is 6.57. The summed E-state index contributed by atoms with van der Waals surface area (Å²) < 4.78 is 11.8. The molecule has 3 heteroatoms. The number of hydrogen-bond acceptors (Lipinski definition) is 3. The Hall–Kier alpha value is -3.77. The van der Waals surface area contributed by atoms with Gasteiger partial charge in [-0.2, -0.15) is 0 Å². The Morgan fingerprint density at radius 2 is 1.48 bits per heavy atom. The van der Waals surface area contributed by atoms with E-state index in [0.717, 1.165) is 11.1 Å². The first kappa shape index (κ1) is 16.7. The molecular weight excluding hydrogens is 336 g/mol. The van der Waals surface area contributed by atoms with Gasteiger partial charge < -0.3 is 9.15 Å². The largest absolute Gasteiger partial charge is 0.473 e. The molecule has 3 nitrogen and oxygen atoms in total. The standard InChI is InChI=1S/C24H16O3/c25-22-20-15-7-8-16-21(20)27-23(19-13-5-2-6-14-19)24(22)26-17-9-12-18-10-3-1-4-11-18/h1-8,10-11,13-16H,17H2. The van der Waals surface area contributed by atoms with Crippen LogP contribution in [0.1, 0.15) is 5.56 Å². The third-order valence-corrected chi connectivity index (χ3v) is 4.09. The second-order valence-corrected chi connectivity index (χ2v) is 5.91. The van der Waals surface area contributed by atoms with Crippen LogP contribution in [-0.4, -0.2) is 6.61 Å². The molecule has 0 atom stereocenters. The normalized spacial score (nSPS) is 10.2. The first-order chi connectivity index (χ1) is 13.3. The van der Waals surface area contributed by atoms with Crippen LogP contribution in [0.15, 0.2) is 94.1 Å². The minimum absolute atomic E-state index is 0.0951. The Bertz CT molecular complexity index is 1180. The van der Waals surface area contributed by atoms with E-state index in [9.17, 15) is 4.79 Å². The lowest BCUT2D eigenvalue weighted by Gasteiger charge is -2.10. The minimum Gasteiger partial charge on any atom is -0.473 e. The Kier molecular flexibility index (Phi) is 4.72. The highest BCUT2D eigenvalue weighted by molar-refractivity contribution is 5.81.